The van der Waals surface area contributed by atoms with Gasteiger partial charge in [0.15, 0.2) is 6.61 Å². The van der Waals surface area contributed by atoms with Gasteiger partial charge in [-0.05, 0) is 36.6 Å². The van der Waals surface area contributed by atoms with Crippen molar-refractivity contribution < 1.29 is 14.3 Å². The Morgan fingerprint density at radius 3 is 2.40 bits per heavy atom. The van der Waals surface area contributed by atoms with Crippen LogP contribution >= 0.6 is 0 Å². The second-order valence-electron chi connectivity index (χ2n) is 5.41. The molecule has 5 heteroatoms. The first-order valence-corrected chi connectivity index (χ1v) is 6.71. The van der Waals surface area contributed by atoms with Gasteiger partial charge in [0.1, 0.15) is 5.75 Å². The molecule has 0 aromatic heterocycles. The number of nitrogens with zero attached hydrogens (tertiary/aromatic N) is 1. The van der Waals surface area contributed by atoms with Gasteiger partial charge >= 0.3 is 0 Å². The van der Waals surface area contributed by atoms with Crippen molar-refractivity contribution in [1.82, 2.24) is 4.90 Å². The van der Waals surface area contributed by atoms with Crippen LogP contribution in [0.2, 0.25) is 0 Å². The predicted octanol–water partition coefficient (Wildman–Crippen LogP) is 1.75. The molecule has 0 unspecified atom stereocenters. The molecule has 2 rings (SSSR count). The summed E-state index contributed by atoms with van der Waals surface area (Å²) in [4.78, 5) is 24.6. The van der Waals surface area contributed by atoms with E-state index in [4.69, 9.17) is 4.74 Å². The molecular formula is C15H20N2O3. The van der Waals surface area contributed by atoms with Gasteiger partial charge in [-0.3, -0.25) is 9.59 Å². The zero-order valence-electron chi connectivity index (χ0n) is 12.1. The molecule has 1 aliphatic rings. The second kappa shape index (κ2) is 5.94. The highest BCUT2D eigenvalue weighted by molar-refractivity contribution is 5.94. The third-order valence-corrected chi connectivity index (χ3v) is 3.43. The van der Waals surface area contributed by atoms with Crippen molar-refractivity contribution in [3.8, 4) is 5.75 Å². The minimum atomic E-state index is -0.0925. The standard InChI is InChI=1S/C15H20N2O3/c1-10-8-13(10)15(19)16-11-4-6-12(7-5-11)20-9-14(18)17(2)3/h4-7,10,13H,8-9H2,1-3H3,(H,16,19)/t10-,13-/m0/s1. The van der Waals surface area contributed by atoms with Crippen LogP contribution < -0.4 is 10.1 Å². The number of amides is 2. The molecule has 0 saturated heterocycles. The van der Waals surface area contributed by atoms with Gasteiger partial charge in [-0.1, -0.05) is 6.92 Å². The Labute approximate surface area is 118 Å². The van der Waals surface area contributed by atoms with Gasteiger partial charge in [-0.2, -0.15) is 0 Å². The highest BCUT2D eigenvalue weighted by atomic mass is 16.5. The zero-order chi connectivity index (χ0) is 14.7. The van der Waals surface area contributed by atoms with Gasteiger partial charge in [-0.25, -0.2) is 0 Å². The molecule has 20 heavy (non-hydrogen) atoms. The largest absolute Gasteiger partial charge is 0.484 e. The second-order valence-corrected chi connectivity index (χ2v) is 5.41. The summed E-state index contributed by atoms with van der Waals surface area (Å²) >= 11 is 0. The molecule has 0 spiro atoms. The van der Waals surface area contributed by atoms with Crippen LogP contribution in [0.1, 0.15) is 13.3 Å². The Morgan fingerprint density at radius 2 is 1.90 bits per heavy atom. The monoisotopic (exact) mass is 276 g/mol. The lowest BCUT2D eigenvalue weighted by Gasteiger charge is -2.11. The first kappa shape index (κ1) is 14.4. The Hall–Kier alpha value is -2.04. The van der Waals surface area contributed by atoms with Gasteiger partial charge in [0.05, 0.1) is 0 Å². The van der Waals surface area contributed by atoms with Crippen LogP contribution in [0.25, 0.3) is 0 Å². The van der Waals surface area contributed by atoms with Crippen molar-refractivity contribution in [3.63, 3.8) is 0 Å². The third kappa shape index (κ3) is 3.73. The van der Waals surface area contributed by atoms with E-state index < -0.39 is 0 Å². The van der Waals surface area contributed by atoms with E-state index in [-0.39, 0.29) is 24.3 Å². The summed E-state index contributed by atoms with van der Waals surface area (Å²) in [6.07, 6.45) is 0.972. The lowest BCUT2D eigenvalue weighted by atomic mass is 10.2. The molecule has 1 fully saturated rings. The van der Waals surface area contributed by atoms with Gasteiger partial charge in [0.25, 0.3) is 5.91 Å². The number of likely N-dealkylation sites (N-methyl/N-ethyl adjacent to an activating group) is 1. The summed E-state index contributed by atoms with van der Waals surface area (Å²) in [5.41, 5.74) is 0.750. The molecule has 1 aromatic rings. The van der Waals surface area contributed by atoms with Gasteiger partial charge in [0.2, 0.25) is 5.91 Å². The fourth-order valence-corrected chi connectivity index (χ4v) is 1.83. The molecule has 0 heterocycles. The summed E-state index contributed by atoms with van der Waals surface area (Å²) in [5, 5.41) is 2.87. The normalized spacial score (nSPS) is 20.1. The Kier molecular flexibility index (Phi) is 4.27. The molecule has 0 radical (unpaired) electrons. The van der Waals surface area contributed by atoms with E-state index in [1.54, 1.807) is 38.4 Å². The third-order valence-electron chi connectivity index (χ3n) is 3.43. The Balaban J connectivity index is 1.83. The van der Waals surface area contributed by atoms with Crippen LogP contribution in [0.3, 0.4) is 0 Å². The van der Waals surface area contributed by atoms with E-state index in [1.165, 1.54) is 4.90 Å². The Morgan fingerprint density at radius 1 is 1.30 bits per heavy atom. The molecular weight excluding hydrogens is 256 g/mol. The maximum absolute atomic E-state index is 11.8. The molecule has 108 valence electrons. The van der Waals surface area contributed by atoms with Crippen molar-refractivity contribution in [2.45, 2.75) is 13.3 Å². The van der Waals surface area contributed by atoms with E-state index in [0.29, 0.717) is 11.7 Å². The number of hydrogen-bond acceptors (Lipinski definition) is 3. The van der Waals surface area contributed by atoms with Crippen LogP contribution in [-0.4, -0.2) is 37.4 Å². The molecule has 5 nitrogen and oxygen atoms in total. The molecule has 0 aliphatic heterocycles. The fraction of sp³-hybridized carbons (Fsp3) is 0.467. The van der Waals surface area contributed by atoms with Crippen LogP contribution in [-0.2, 0) is 9.59 Å². The Bertz CT molecular complexity index is 496. The quantitative estimate of drug-likeness (QED) is 0.891. The minimum Gasteiger partial charge on any atom is -0.484 e. The number of hydrogen-bond donors (Lipinski definition) is 1. The SMILES string of the molecule is C[C@H]1C[C@@H]1C(=O)Nc1ccc(OCC(=O)N(C)C)cc1. The van der Waals surface area contributed by atoms with E-state index >= 15 is 0 Å². The fourth-order valence-electron chi connectivity index (χ4n) is 1.83. The summed E-state index contributed by atoms with van der Waals surface area (Å²) in [6, 6.07) is 7.05. The smallest absolute Gasteiger partial charge is 0.259 e. The number of carbonyl (C=O) groups is 2. The molecule has 0 bridgehead atoms. The molecule has 1 saturated carbocycles. The maximum Gasteiger partial charge on any atom is 0.259 e. The van der Waals surface area contributed by atoms with E-state index in [9.17, 15) is 9.59 Å². The number of rotatable bonds is 5. The van der Waals surface area contributed by atoms with Crippen LogP contribution in [0.15, 0.2) is 24.3 Å². The summed E-state index contributed by atoms with van der Waals surface area (Å²) in [7, 11) is 3.37. The van der Waals surface area contributed by atoms with Crippen LogP contribution in [0.4, 0.5) is 5.69 Å². The van der Waals surface area contributed by atoms with Crippen molar-refractivity contribution in [1.29, 1.82) is 0 Å². The number of anilines is 1. The molecule has 1 N–H and O–H groups in total. The lowest BCUT2D eigenvalue weighted by molar-refractivity contribution is -0.130. The number of ether oxygens (including phenoxy) is 1. The van der Waals surface area contributed by atoms with Crippen LogP contribution in [0, 0.1) is 11.8 Å². The first-order chi connectivity index (χ1) is 9.47. The predicted molar refractivity (Wildman–Crippen MR) is 76.5 cm³/mol. The highest BCUT2D eigenvalue weighted by Gasteiger charge is 2.38. The lowest BCUT2D eigenvalue weighted by Crippen LogP contribution is -2.27. The summed E-state index contributed by atoms with van der Waals surface area (Å²) in [5.74, 6) is 1.25. The minimum absolute atomic E-state index is 0.0122. The highest BCUT2D eigenvalue weighted by Crippen LogP contribution is 2.38. The van der Waals surface area contributed by atoms with Crippen molar-refractivity contribution >= 4 is 17.5 Å². The number of benzene rings is 1. The van der Waals surface area contributed by atoms with Gasteiger partial charge in [-0.15, -0.1) is 0 Å². The molecule has 1 aromatic carbocycles. The van der Waals surface area contributed by atoms with Crippen molar-refractivity contribution in [2.24, 2.45) is 11.8 Å². The summed E-state index contributed by atoms with van der Waals surface area (Å²) < 4.78 is 5.36. The van der Waals surface area contributed by atoms with E-state index in [1.807, 2.05) is 0 Å². The number of nitrogens with one attached hydrogen (secondary N) is 1. The van der Waals surface area contributed by atoms with E-state index in [2.05, 4.69) is 12.2 Å². The average Bonchev–Trinajstić information content (AvgIpc) is 3.14. The van der Waals surface area contributed by atoms with Crippen molar-refractivity contribution in [2.75, 3.05) is 26.0 Å². The summed E-state index contributed by atoms with van der Waals surface area (Å²) in [6.45, 7) is 2.08. The van der Waals surface area contributed by atoms with Gasteiger partial charge < -0.3 is 15.0 Å². The number of carbonyl (C=O) groups excluding carboxylic acids is 2. The molecule has 2 atom stereocenters. The van der Waals surface area contributed by atoms with Gasteiger partial charge in [0, 0.05) is 25.7 Å². The van der Waals surface area contributed by atoms with E-state index in [0.717, 1.165) is 12.1 Å². The van der Waals surface area contributed by atoms with Crippen molar-refractivity contribution in [3.05, 3.63) is 24.3 Å². The topological polar surface area (TPSA) is 58.6 Å². The molecule has 2 amide bonds. The zero-order valence-corrected chi connectivity index (χ0v) is 12.1. The maximum atomic E-state index is 11.8. The average molecular weight is 276 g/mol. The van der Waals surface area contributed by atoms with Crippen LogP contribution in [0.5, 0.6) is 5.75 Å². The molecule has 1 aliphatic carbocycles. The first-order valence-electron chi connectivity index (χ1n) is 6.71.